The maximum atomic E-state index is 13.4. The molecule has 0 spiro atoms. The average Bonchev–Trinajstić information content (AvgIpc) is 2.65. The number of thioether (sulfide) groups is 1. The third-order valence-corrected chi connectivity index (χ3v) is 5.01. The third-order valence-electron chi connectivity index (χ3n) is 3.93. The molecular formula is C19H17F6NO3S. The lowest BCUT2D eigenvalue weighted by molar-refractivity contribution is -0.162. The van der Waals surface area contributed by atoms with Gasteiger partial charge in [-0.05, 0) is 23.8 Å². The Morgan fingerprint density at radius 3 is 2.30 bits per heavy atom. The summed E-state index contributed by atoms with van der Waals surface area (Å²) in [6.45, 7) is -3.05. The van der Waals surface area contributed by atoms with E-state index in [2.05, 4.69) is 4.74 Å². The first-order valence-corrected chi connectivity index (χ1v) is 9.65. The second kappa shape index (κ2) is 10.6. The van der Waals surface area contributed by atoms with Crippen LogP contribution in [0.3, 0.4) is 0 Å². The van der Waals surface area contributed by atoms with E-state index in [0.717, 1.165) is 36.0 Å². The number of ether oxygens (including phenoxy) is 1. The second-order valence-electron chi connectivity index (χ2n) is 6.09. The normalized spacial score (nSPS) is 13.8. The number of nitrogens with one attached hydrogen (secondary N) is 1. The Morgan fingerprint density at radius 2 is 1.73 bits per heavy atom. The van der Waals surface area contributed by atoms with Crippen LogP contribution in [0.4, 0.5) is 26.3 Å². The summed E-state index contributed by atoms with van der Waals surface area (Å²) in [7, 11) is 0. The molecule has 0 heterocycles. The summed E-state index contributed by atoms with van der Waals surface area (Å²) in [6, 6.07) is 5.45. The van der Waals surface area contributed by atoms with Crippen molar-refractivity contribution in [1.29, 1.82) is 0 Å². The summed E-state index contributed by atoms with van der Waals surface area (Å²) in [6.07, 6.45) is -4.83. The smallest absolute Gasteiger partial charge is 0.407 e. The highest BCUT2D eigenvalue weighted by Crippen LogP contribution is 2.33. The van der Waals surface area contributed by atoms with Gasteiger partial charge in [-0.25, -0.2) is 4.39 Å². The van der Waals surface area contributed by atoms with Gasteiger partial charge in [0, 0.05) is 17.1 Å². The van der Waals surface area contributed by atoms with Gasteiger partial charge in [-0.1, -0.05) is 30.3 Å². The summed E-state index contributed by atoms with van der Waals surface area (Å²) in [5.41, 5.74) is 0.00803. The van der Waals surface area contributed by atoms with Crippen molar-refractivity contribution in [3.8, 4) is 5.75 Å². The molecule has 2 N–H and O–H groups in total. The summed E-state index contributed by atoms with van der Waals surface area (Å²) >= 11 is 0.939. The van der Waals surface area contributed by atoms with Crippen LogP contribution >= 0.6 is 11.8 Å². The first-order chi connectivity index (χ1) is 14.1. The second-order valence-corrected chi connectivity index (χ2v) is 7.12. The van der Waals surface area contributed by atoms with E-state index >= 15 is 0 Å². The fraction of sp³-hybridized carbons (Fsp3) is 0.316. The molecule has 30 heavy (non-hydrogen) atoms. The van der Waals surface area contributed by atoms with E-state index < -0.39 is 36.7 Å². The minimum absolute atomic E-state index is 0.0432. The molecule has 2 aromatic carbocycles. The van der Waals surface area contributed by atoms with Gasteiger partial charge in [-0.2, -0.15) is 33.7 Å². The number of aliphatic carboxylic acids is 1. The van der Waals surface area contributed by atoms with E-state index in [0.29, 0.717) is 5.56 Å². The van der Waals surface area contributed by atoms with Crippen LogP contribution in [0.2, 0.25) is 0 Å². The molecule has 0 aromatic heterocycles. The summed E-state index contributed by atoms with van der Waals surface area (Å²) < 4.78 is 82.6. The van der Waals surface area contributed by atoms with Crippen LogP contribution < -0.4 is 10.1 Å². The number of carboxylic acid groups (broad SMARTS) is 1. The SMILES string of the molecule is O=C(O)[C@H](CSCc1ccccc1OC(F)F)NC(c1ccc(F)cc1)C(F)(F)F. The number of carbonyl (C=O) groups is 1. The Morgan fingerprint density at radius 1 is 1.10 bits per heavy atom. The lowest BCUT2D eigenvalue weighted by atomic mass is 10.1. The van der Waals surface area contributed by atoms with Crippen LogP contribution in [0.5, 0.6) is 5.75 Å². The van der Waals surface area contributed by atoms with Gasteiger partial charge >= 0.3 is 18.8 Å². The van der Waals surface area contributed by atoms with E-state index in [-0.39, 0.29) is 22.8 Å². The number of hydrogen-bond donors (Lipinski definition) is 2. The van der Waals surface area contributed by atoms with Crippen molar-refractivity contribution in [2.24, 2.45) is 0 Å². The standard InChI is InChI=1S/C19H17F6NO3S/c20-13-7-5-11(6-8-13)16(19(23,24)25)26-14(17(27)28)10-30-9-12-3-1-2-4-15(12)29-18(21)22/h1-8,14,16,18,26H,9-10H2,(H,27,28)/t14-,16?/m0/s1. The molecule has 2 rings (SSSR count). The predicted octanol–water partition coefficient (Wildman–Crippen LogP) is 5.01. The Kier molecular flexibility index (Phi) is 8.42. The zero-order valence-corrected chi connectivity index (χ0v) is 16.0. The molecule has 0 saturated heterocycles. The Bertz CT molecular complexity index is 832. The van der Waals surface area contributed by atoms with Crippen molar-refractivity contribution in [3.63, 3.8) is 0 Å². The Balaban J connectivity index is 2.08. The van der Waals surface area contributed by atoms with Crippen molar-refractivity contribution in [2.75, 3.05) is 5.75 Å². The highest BCUT2D eigenvalue weighted by atomic mass is 32.2. The van der Waals surface area contributed by atoms with E-state index in [9.17, 15) is 36.2 Å². The largest absolute Gasteiger partial charge is 0.480 e. The number of para-hydroxylation sites is 1. The molecule has 0 bridgehead atoms. The van der Waals surface area contributed by atoms with Crippen LogP contribution in [-0.4, -0.2) is 35.7 Å². The zero-order chi connectivity index (χ0) is 22.3. The van der Waals surface area contributed by atoms with Gasteiger partial charge in [0.05, 0.1) is 0 Å². The average molecular weight is 453 g/mol. The fourth-order valence-electron chi connectivity index (χ4n) is 2.55. The van der Waals surface area contributed by atoms with Gasteiger partial charge in [0.1, 0.15) is 23.7 Å². The minimum atomic E-state index is -4.83. The number of benzene rings is 2. The van der Waals surface area contributed by atoms with E-state index in [1.807, 2.05) is 5.32 Å². The predicted molar refractivity (Wildman–Crippen MR) is 99.0 cm³/mol. The van der Waals surface area contributed by atoms with E-state index in [1.165, 1.54) is 18.2 Å². The lowest BCUT2D eigenvalue weighted by Gasteiger charge is -2.26. The fourth-order valence-corrected chi connectivity index (χ4v) is 3.60. The molecule has 11 heteroatoms. The number of rotatable bonds is 10. The molecule has 2 aromatic rings. The van der Waals surface area contributed by atoms with E-state index in [1.54, 1.807) is 6.07 Å². The van der Waals surface area contributed by atoms with Gasteiger partial charge in [0.15, 0.2) is 0 Å². The van der Waals surface area contributed by atoms with Crippen LogP contribution in [0.25, 0.3) is 0 Å². The third kappa shape index (κ3) is 7.13. The van der Waals surface area contributed by atoms with Gasteiger partial charge in [-0.3, -0.25) is 10.1 Å². The molecule has 4 nitrogen and oxygen atoms in total. The monoisotopic (exact) mass is 453 g/mol. The maximum absolute atomic E-state index is 13.4. The van der Waals surface area contributed by atoms with Gasteiger partial charge in [0.25, 0.3) is 0 Å². The molecule has 164 valence electrons. The van der Waals surface area contributed by atoms with Crippen LogP contribution in [-0.2, 0) is 10.5 Å². The number of halogens is 6. The molecule has 0 aliphatic rings. The van der Waals surface area contributed by atoms with Gasteiger partial charge in [-0.15, -0.1) is 0 Å². The highest BCUT2D eigenvalue weighted by molar-refractivity contribution is 7.98. The highest BCUT2D eigenvalue weighted by Gasteiger charge is 2.42. The molecule has 0 saturated carbocycles. The van der Waals surface area contributed by atoms with Crippen molar-refractivity contribution >= 4 is 17.7 Å². The first-order valence-electron chi connectivity index (χ1n) is 8.49. The number of carboxylic acids is 1. The summed E-state index contributed by atoms with van der Waals surface area (Å²) in [5, 5.41) is 11.4. The van der Waals surface area contributed by atoms with Gasteiger partial charge in [0.2, 0.25) is 0 Å². The maximum Gasteiger partial charge on any atom is 0.407 e. The summed E-state index contributed by atoms with van der Waals surface area (Å²) in [5.74, 6) is -2.58. The van der Waals surface area contributed by atoms with Crippen molar-refractivity contribution in [3.05, 3.63) is 65.5 Å². The van der Waals surface area contributed by atoms with Gasteiger partial charge < -0.3 is 9.84 Å². The topological polar surface area (TPSA) is 58.6 Å². The zero-order valence-electron chi connectivity index (χ0n) is 15.2. The van der Waals surface area contributed by atoms with Crippen LogP contribution in [0, 0.1) is 5.82 Å². The molecular weight excluding hydrogens is 436 g/mol. The van der Waals surface area contributed by atoms with Crippen molar-refractivity contribution < 1.29 is 41.0 Å². The van der Waals surface area contributed by atoms with Crippen LogP contribution in [0.15, 0.2) is 48.5 Å². The quantitative estimate of drug-likeness (QED) is 0.496. The first kappa shape index (κ1) is 23.9. The number of hydrogen-bond acceptors (Lipinski definition) is 4. The van der Waals surface area contributed by atoms with Crippen molar-refractivity contribution in [1.82, 2.24) is 5.32 Å². The molecule has 2 atom stereocenters. The molecule has 0 amide bonds. The van der Waals surface area contributed by atoms with Crippen molar-refractivity contribution in [2.45, 2.75) is 30.6 Å². The van der Waals surface area contributed by atoms with Crippen LogP contribution in [0.1, 0.15) is 17.2 Å². The molecule has 0 radical (unpaired) electrons. The Labute approximate surface area is 172 Å². The molecule has 0 aliphatic heterocycles. The Hall–Kier alpha value is -2.40. The van der Waals surface area contributed by atoms with E-state index in [4.69, 9.17) is 0 Å². The number of alkyl halides is 5. The summed E-state index contributed by atoms with van der Waals surface area (Å²) in [4.78, 5) is 11.5. The molecule has 1 unspecified atom stereocenters. The minimum Gasteiger partial charge on any atom is -0.480 e. The molecule has 0 fully saturated rings. The molecule has 0 aliphatic carbocycles. The lowest BCUT2D eigenvalue weighted by Crippen LogP contribution is -2.46.